The Morgan fingerprint density at radius 3 is 1.29 bits per heavy atom. The van der Waals surface area contributed by atoms with Crippen molar-refractivity contribution in [2.45, 2.75) is 0 Å². The van der Waals surface area contributed by atoms with Crippen molar-refractivity contribution in [3.05, 3.63) is 163 Å². The molecule has 0 aliphatic heterocycles. The van der Waals surface area contributed by atoms with Crippen LogP contribution in [-0.4, -0.2) is 13.1 Å². The van der Waals surface area contributed by atoms with Crippen LogP contribution >= 0.6 is 15.8 Å². The molecule has 0 heterocycles. The lowest BCUT2D eigenvalue weighted by Crippen LogP contribution is -2.14. The molecule has 38 heavy (non-hydrogen) atoms. The smallest absolute Gasteiger partial charge is 0.337 e. The third-order valence-electron chi connectivity index (χ3n) is 6.19. The average Bonchev–Trinajstić information content (AvgIpc) is 3.00. The van der Waals surface area contributed by atoms with E-state index in [4.69, 9.17) is 4.74 Å². The number of hydrogen-bond acceptors (Lipinski definition) is 2. The van der Waals surface area contributed by atoms with Crippen molar-refractivity contribution < 1.29 is 9.53 Å². The van der Waals surface area contributed by atoms with Gasteiger partial charge in [-0.3, -0.25) is 0 Å². The van der Waals surface area contributed by atoms with E-state index in [2.05, 4.69) is 139 Å². The number of hydrogen-bond donors (Lipinski definition) is 0. The normalized spacial score (nSPS) is 11.5. The molecule has 5 aromatic carbocycles. The second-order valence-corrected chi connectivity index (χ2v) is 12.8. The van der Waals surface area contributed by atoms with Gasteiger partial charge in [-0.1, -0.05) is 133 Å². The molecule has 0 fully saturated rings. The maximum Gasteiger partial charge on any atom is 0.337 e. The summed E-state index contributed by atoms with van der Waals surface area (Å²) in [5.41, 5.74) is 1.66. The van der Waals surface area contributed by atoms with Gasteiger partial charge in [0.15, 0.2) is 0 Å². The number of methoxy groups -OCH3 is 1. The molecule has 5 aromatic rings. The second-order valence-electron chi connectivity index (χ2n) is 8.63. The molecule has 186 valence electrons. The zero-order chi connectivity index (χ0) is 26.2. The van der Waals surface area contributed by atoms with Crippen LogP contribution in [0.4, 0.5) is 0 Å². The summed E-state index contributed by atoms with van der Waals surface area (Å²) in [6.07, 6.45) is 0. The van der Waals surface area contributed by atoms with E-state index in [1.165, 1.54) is 33.6 Å². The van der Waals surface area contributed by atoms with E-state index in [-0.39, 0.29) is 5.97 Å². The Balaban J connectivity index is 1.75. The SMILES string of the molecule is COC(=O)c1ccc(/C(=C\P(c2ccccc2)c2ccccc2)P(c2ccccc2)c2ccccc2)cc1. The minimum absolute atomic E-state index is 0.328. The fraction of sp³-hybridized carbons (Fsp3) is 0.0294. The van der Waals surface area contributed by atoms with Gasteiger partial charge in [0.05, 0.1) is 12.7 Å². The molecule has 0 saturated heterocycles. The molecule has 0 unspecified atom stereocenters. The summed E-state index contributed by atoms with van der Waals surface area (Å²) in [5, 5.41) is 6.44. The number of esters is 1. The molecule has 0 amide bonds. The van der Waals surface area contributed by atoms with Gasteiger partial charge in [-0.2, -0.15) is 0 Å². The zero-order valence-electron chi connectivity index (χ0n) is 21.1. The largest absolute Gasteiger partial charge is 0.465 e. The van der Waals surface area contributed by atoms with Crippen molar-refractivity contribution in [2.24, 2.45) is 0 Å². The van der Waals surface area contributed by atoms with Gasteiger partial charge < -0.3 is 4.74 Å². The van der Waals surface area contributed by atoms with Crippen LogP contribution < -0.4 is 21.2 Å². The molecule has 0 atom stereocenters. The van der Waals surface area contributed by atoms with E-state index in [0.717, 1.165) is 5.56 Å². The van der Waals surface area contributed by atoms with Crippen LogP contribution in [0.15, 0.2) is 151 Å². The lowest BCUT2D eigenvalue weighted by atomic mass is 10.1. The highest BCUT2D eigenvalue weighted by Gasteiger charge is 2.23. The molecule has 0 saturated carbocycles. The minimum Gasteiger partial charge on any atom is -0.465 e. The van der Waals surface area contributed by atoms with Gasteiger partial charge in [0.2, 0.25) is 0 Å². The van der Waals surface area contributed by atoms with Crippen LogP contribution in [0.5, 0.6) is 0 Å². The van der Waals surface area contributed by atoms with E-state index >= 15 is 0 Å². The van der Waals surface area contributed by atoms with Crippen molar-refractivity contribution in [1.29, 1.82) is 0 Å². The minimum atomic E-state index is -0.871. The summed E-state index contributed by atoms with van der Waals surface area (Å²) >= 11 is 0. The Bertz CT molecular complexity index is 1410. The molecule has 2 nitrogen and oxygen atoms in total. The maximum atomic E-state index is 12.2. The number of ether oxygens (including phenoxy) is 1. The van der Waals surface area contributed by atoms with Crippen LogP contribution in [-0.2, 0) is 4.74 Å². The standard InChI is InChI=1S/C34H28O2P2/c1-36-34(35)28-24-22-27(23-25-28)33(38(31-18-10-4-11-19-31)32-20-12-5-13-21-32)26-37(29-14-6-2-7-15-29)30-16-8-3-9-17-30/h2-26H,1H3/b33-26+. The van der Waals surface area contributed by atoms with Crippen molar-refractivity contribution in [3.8, 4) is 0 Å². The van der Waals surface area contributed by atoms with Gasteiger partial charge in [-0.05, 0) is 65.9 Å². The molecule has 5 rings (SSSR count). The van der Waals surface area contributed by atoms with Crippen LogP contribution in [0, 0.1) is 0 Å². The fourth-order valence-electron chi connectivity index (χ4n) is 4.34. The molecule has 4 heteroatoms. The summed E-state index contributed by atoms with van der Waals surface area (Å²) in [5.74, 6) is 2.16. The lowest BCUT2D eigenvalue weighted by Gasteiger charge is -2.25. The molecular weight excluding hydrogens is 502 g/mol. The Kier molecular flexibility index (Phi) is 8.56. The molecule has 0 bridgehead atoms. The first kappa shape index (κ1) is 25.8. The highest BCUT2D eigenvalue weighted by atomic mass is 31.1. The summed E-state index contributed by atoms with van der Waals surface area (Å²) < 4.78 is 4.96. The quantitative estimate of drug-likeness (QED) is 0.159. The van der Waals surface area contributed by atoms with Gasteiger partial charge >= 0.3 is 5.97 Å². The van der Waals surface area contributed by atoms with Crippen molar-refractivity contribution in [1.82, 2.24) is 0 Å². The molecular formula is C34H28O2P2. The Morgan fingerprint density at radius 2 is 0.895 bits per heavy atom. The van der Waals surface area contributed by atoms with Crippen LogP contribution in [0.2, 0.25) is 0 Å². The Morgan fingerprint density at radius 1 is 0.526 bits per heavy atom. The maximum absolute atomic E-state index is 12.2. The van der Waals surface area contributed by atoms with Crippen molar-refractivity contribution in [2.75, 3.05) is 7.11 Å². The highest BCUT2D eigenvalue weighted by molar-refractivity contribution is 7.84. The Labute approximate surface area is 227 Å². The average molecular weight is 531 g/mol. The topological polar surface area (TPSA) is 26.3 Å². The third-order valence-corrected chi connectivity index (χ3v) is 11.1. The number of carbonyl (C=O) groups is 1. The lowest BCUT2D eigenvalue weighted by molar-refractivity contribution is 0.0600. The first-order chi connectivity index (χ1) is 18.7. The van der Waals surface area contributed by atoms with Gasteiger partial charge in [0.1, 0.15) is 0 Å². The molecule has 0 aliphatic rings. The van der Waals surface area contributed by atoms with Gasteiger partial charge in [-0.25, -0.2) is 4.79 Å². The molecule has 0 spiro atoms. The Hall–Kier alpha value is -3.83. The summed E-state index contributed by atoms with van der Waals surface area (Å²) in [6, 6.07) is 50.8. The second kappa shape index (κ2) is 12.6. The number of rotatable bonds is 8. The van der Waals surface area contributed by atoms with Gasteiger partial charge in [0, 0.05) is 0 Å². The highest BCUT2D eigenvalue weighted by Crippen LogP contribution is 2.53. The van der Waals surface area contributed by atoms with E-state index in [9.17, 15) is 4.79 Å². The number of carbonyl (C=O) groups excluding carboxylic acids is 1. The molecule has 0 N–H and O–H groups in total. The van der Waals surface area contributed by atoms with Gasteiger partial charge in [-0.15, -0.1) is 0 Å². The molecule has 0 aliphatic carbocycles. The van der Waals surface area contributed by atoms with E-state index in [1.807, 2.05) is 12.1 Å². The van der Waals surface area contributed by atoms with Crippen molar-refractivity contribution in [3.63, 3.8) is 0 Å². The summed E-state index contributed by atoms with van der Waals surface area (Å²) in [4.78, 5) is 12.2. The third kappa shape index (κ3) is 6.00. The van der Waals surface area contributed by atoms with Crippen LogP contribution in [0.3, 0.4) is 0 Å². The summed E-state index contributed by atoms with van der Waals surface area (Å²) in [6.45, 7) is 0. The first-order valence-corrected chi connectivity index (χ1v) is 15.2. The van der Waals surface area contributed by atoms with E-state index in [0.29, 0.717) is 5.56 Å². The molecule has 0 aromatic heterocycles. The van der Waals surface area contributed by atoms with E-state index in [1.54, 1.807) is 0 Å². The fourth-order valence-corrected chi connectivity index (χ4v) is 9.32. The van der Waals surface area contributed by atoms with Crippen LogP contribution in [0.25, 0.3) is 5.31 Å². The van der Waals surface area contributed by atoms with Gasteiger partial charge in [0.25, 0.3) is 0 Å². The predicted molar refractivity (Wildman–Crippen MR) is 164 cm³/mol. The first-order valence-electron chi connectivity index (χ1n) is 12.4. The van der Waals surface area contributed by atoms with Crippen LogP contribution in [0.1, 0.15) is 15.9 Å². The predicted octanol–water partition coefficient (Wildman–Crippen LogP) is 7.04. The van der Waals surface area contributed by atoms with E-state index < -0.39 is 15.8 Å². The zero-order valence-corrected chi connectivity index (χ0v) is 22.9. The summed E-state index contributed by atoms with van der Waals surface area (Å²) in [7, 11) is -0.244. The number of benzene rings is 5. The monoisotopic (exact) mass is 530 g/mol. The van der Waals surface area contributed by atoms with Crippen molar-refractivity contribution >= 4 is 48.3 Å². The molecule has 0 radical (unpaired) electrons.